The van der Waals surface area contributed by atoms with E-state index in [2.05, 4.69) is 10.6 Å². The summed E-state index contributed by atoms with van der Waals surface area (Å²) < 4.78 is 10.7. The maximum absolute atomic E-state index is 14.1. The number of amides is 3. The molecule has 206 valence electrons. The van der Waals surface area contributed by atoms with Crippen molar-refractivity contribution >= 4 is 23.6 Å². The lowest BCUT2D eigenvalue weighted by Gasteiger charge is -2.35. The Bertz CT molecular complexity index is 1100. The number of nitrogens with zero attached hydrogens (tertiary/aromatic N) is 1. The van der Waals surface area contributed by atoms with Gasteiger partial charge in [-0.15, -0.1) is 0 Å². The van der Waals surface area contributed by atoms with E-state index < -0.39 is 23.8 Å². The third kappa shape index (κ3) is 8.23. The van der Waals surface area contributed by atoms with Crippen molar-refractivity contribution in [1.29, 1.82) is 0 Å². The zero-order valence-corrected chi connectivity index (χ0v) is 23.5. The maximum atomic E-state index is 14.1. The predicted octanol–water partition coefficient (Wildman–Crippen LogP) is 5.61. The van der Waals surface area contributed by atoms with Gasteiger partial charge in [-0.3, -0.25) is 9.59 Å². The first kappa shape index (κ1) is 29.0. The largest absolute Gasteiger partial charge is 0.497 e. The van der Waals surface area contributed by atoms with Gasteiger partial charge in [0.1, 0.15) is 23.4 Å². The fourth-order valence-corrected chi connectivity index (χ4v) is 4.27. The minimum absolute atomic E-state index is 0.0921. The van der Waals surface area contributed by atoms with Crippen LogP contribution in [-0.2, 0) is 14.3 Å². The summed E-state index contributed by atoms with van der Waals surface area (Å²) in [4.78, 5) is 42.3. The molecule has 1 fully saturated rings. The molecule has 1 aliphatic carbocycles. The third-order valence-electron chi connectivity index (χ3n) is 6.17. The Morgan fingerprint density at radius 1 is 1.00 bits per heavy atom. The summed E-state index contributed by atoms with van der Waals surface area (Å²) in [6.07, 6.45) is 1.36. The van der Waals surface area contributed by atoms with Gasteiger partial charge in [-0.2, -0.15) is 0 Å². The molecule has 0 aliphatic heterocycles. The summed E-state index contributed by atoms with van der Waals surface area (Å²) in [5.74, 6) is 0.200. The van der Waals surface area contributed by atoms with Gasteiger partial charge in [0, 0.05) is 11.7 Å². The van der Waals surface area contributed by atoms with Crippen LogP contribution in [0.15, 0.2) is 48.5 Å². The number of anilines is 1. The predicted molar refractivity (Wildman–Crippen MR) is 148 cm³/mol. The molecule has 2 atom stereocenters. The van der Waals surface area contributed by atoms with Gasteiger partial charge >= 0.3 is 6.09 Å². The van der Waals surface area contributed by atoms with Crippen LogP contribution in [0.4, 0.5) is 10.5 Å². The average molecular weight is 524 g/mol. The molecule has 1 aliphatic rings. The lowest BCUT2D eigenvalue weighted by Crippen LogP contribution is -2.53. The molecule has 8 heteroatoms. The molecule has 2 aromatic carbocycles. The van der Waals surface area contributed by atoms with Crippen molar-refractivity contribution in [3.8, 4) is 5.75 Å². The molecule has 2 unspecified atom stereocenters. The quantitative estimate of drug-likeness (QED) is 0.422. The number of alkyl carbamates (subject to hydrolysis) is 1. The van der Waals surface area contributed by atoms with Crippen LogP contribution < -0.4 is 15.4 Å². The second-order valence-corrected chi connectivity index (χ2v) is 11.3. The lowest BCUT2D eigenvalue weighted by atomic mass is 9.98. The lowest BCUT2D eigenvalue weighted by molar-refractivity contribution is -0.141. The van der Waals surface area contributed by atoms with E-state index in [4.69, 9.17) is 9.47 Å². The van der Waals surface area contributed by atoms with Crippen molar-refractivity contribution in [1.82, 2.24) is 10.2 Å². The van der Waals surface area contributed by atoms with E-state index in [0.29, 0.717) is 23.4 Å². The number of nitrogens with one attached hydrogen (secondary N) is 2. The Morgan fingerprint density at radius 3 is 2.11 bits per heavy atom. The van der Waals surface area contributed by atoms with E-state index in [1.54, 1.807) is 57.0 Å². The van der Waals surface area contributed by atoms with Crippen molar-refractivity contribution < 1.29 is 23.9 Å². The minimum atomic E-state index is -0.868. The Hall–Kier alpha value is -3.55. The standard InChI is InChI=1S/C30H41N3O5/c1-19(2)18-25(32-29(36)38-30(4,5)6)28(35)33(23-14-15-23)26(21-10-8-20(3)9-11-21)27(34)31-22-12-16-24(37-7)17-13-22/h8-13,16-17,19,23,25-26H,14-15,18H2,1-7H3,(H,31,34)(H,32,36). The highest BCUT2D eigenvalue weighted by Gasteiger charge is 2.44. The van der Waals surface area contributed by atoms with Gasteiger partial charge in [0.2, 0.25) is 5.91 Å². The van der Waals surface area contributed by atoms with Crippen LogP contribution in [0.5, 0.6) is 5.75 Å². The first-order valence-electron chi connectivity index (χ1n) is 13.2. The monoisotopic (exact) mass is 523 g/mol. The molecule has 0 bridgehead atoms. The van der Waals surface area contributed by atoms with Crippen LogP contribution in [0.1, 0.15) is 71.0 Å². The smallest absolute Gasteiger partial charge is 0.408 e. The van der Waals surface area contributed by atoms with Gasteiger partial charge in [0.05, 0.1) is 7.11 Å². The second-order valence-electron chi connectivity index (χ2n) is 11.3. The van der Waals surface area contributed by atoms with E-state index in [1.807, 2.05) is 45.0 Å². The van der Waals surface area contributed by atoms with E-state index in [1.165, 1.54) is 0 Å². The molecule has 0 radical (unpaired) electrons. The van der Waals surface area contributed by atoms with E-state index >= 15 is 0 Å². The number of hydrogen-bond acceptors (Lipinski definition) is 5. The summed E-state index contributed by atoms with van der Waals surface area (Å²) in [5.41, 5.74) is 1.66. The molecule has 3 amide bonds. The zero-order valence-electron chi connectivity index (χ0n) is 23.5. The fraction of sp³-hybridized carbons (Fsp3) is 0.500. The highest BCUT2D eigenvalue weighted by Crippen LogP contribution is 2.36. The number of aryl methyl sites for hydroxylation is 1. The Balaban J connectivity index is 1.96. The molecule has 2 aromatic rings. The highest BCUT2D eigenvalue weighted by atomic mass is 16.6. The van der Waals surface area contributed by atoms with Gasteiger partial charge in [0.25, 0.3) is 5.91 Å². The molecule has 8 nitrogen and oxygen atoms in total. The first-order valence-corrected chi connectivity index (χ1v) is 13.2. The minimum Gasteiger partial charge on any atom is -0.497 e. The molecule has 3 rings (SSSR count). The number of ether oxygens (including phenoxy) is 2. The molecule has 1 saturated carbocycles. The zero-order chi connectivity index (χ0) is 28.0. The number of carbonyl (C=O) groups excluding carboxylic acids is 3. The molecule has 0 saturated heterocycles. The summed E-state index contributed by atoms with van der Waals surface area (Å²) in [6.45, 7) is 11.3. The Labute approximate surface area is 226 Å². The topological polar surface area (TPSA) is 97.0 Å². The van der Waals surface area contributed by atoms with E-state index in [0.717, 1.165) is 18.4 Å². The van der Waals surface area contributed by atoms with Crippen LogP contribution in [0.2, 0.25) is 0 Å². The van der Waals surface area contributed by atoms with E-state index in [9.17, 15) is 14.4 Å². The Kier molecular flexibility index (Phi) is 9.41. The molecule has 0 spiro atoms. The fourth-order valence-electron chi connectivity index (χ4n) is 4.27. The van der Waals surface area contributed by atoms with Crippen molar-refractivity contribution in [2.45, 2.75) is 84.5 Å². The molecule has 38 heavy (non-hydrogen) atoms. The summed E-state index contributed by atoms with van der Waals surface area (Å²) >= 11 is 0. The number of benzene rings is 2. The number of carbonyl (C=O) groups is 3. The van der Waals surface area contributed by atoms with Crippen LogP contribution in [0.25, 0.3) is 0 Å². The summed E-state index contributed by atoms with van der Waals surface area (Å²) in [7, 11) is 1.58. The normalized spacial score (nSPS) is 14.8. The maximum Gasteiger partial charge on any atom is 0.408 e. The van der Waals surface area contributed by atoms with Crippen molar-refractivity contribution in [2.24, 2.45) is 5.92 Å². The average Bonchev–Trinajstić information content (AvgIpc) is 3.66. The highest BCUT2D eigenvalue weighted by molar-refractivity contribution is 5.99. The van der Waals surface area contributed by atoms with Gasteiger partial charge < -0.3 is 25.0 Å². The first-order chi connectivity index (χ1) is 17.9. The second kappa shape index (κ2) is 12.3. The summed E-state index contributed by atoms with van der Waals surface area (Å²) in [5, 5.41) is 5.76. The molecule has 2 N–H and O–H groups in total. The molecular formula is C30H41N3O5. The van der Waals surface area contributed by atoms with Crippen molar-refractivity contribution in [3.05, 3.63) is 59.7 Å². The number of methoxy groups -OCH3 is 1. The van der Waals surface area contributed by atoms with Crippen molar-refractivity contribution in [2.75, 3.05) is 12.4 Å². The Morgan fingerprint density at radius 2 is 1.61 bits per heavy atom. The van der Waals surface area contributed by atoms with Gasteiger partial charge in [-0.1, -0.05) is 43.7 Å². The van der Waals surface area contributed by atoms with Crippen LogP contribution >= 0.6 is 0 Å². The molecule has 0 heterocycles. The molecular weight excluding hydrogens is 482 g/mol. The summed E-state index contributed by atoms with van der Waals surface area (Å²) in [6, 6.07) is 12.9. The van der Waals surface area contributed by atoms with Crippen LogP contribution in [0, 0.1) is 12.8 Å². The van der Waals surface area contributed by atoms with Crippen LogP contribution in [0.3, 0.4) is 0 Å². The molecule has 0 aromatic heterocycles. The number of rotatable bonds is 10. The van der Waals surface area contributed by atoms with Gasteiger partial charge in [0.15, 0.2) is 0 Å². The SMILES string of the molecule is COc1ccc(NC(=O)C(c2ccc(C)cc2)N(C(=O)C(CC(C)C)NC(=O)OC(C)(C)C)C2CC2)cc1. The number of hydrogen-bond donors (Lipinski definition) is 2. The van der Waals surface area contributed by atoms with Gasteiger partial charge in [-0.25, -0.2) is 4.79 Å². The van der Waals surface area contributed by atoms with Gasteiger partial charge in [-0.05, 0) is 82.7 Å². The van der Waals surface area contributed by atoms with E-state index in [-0.39, 0.29) is 23.8 Å². The third-order valence-corrected chi connectivity index (χ3v) is 6.17. The van der Waals surface area contributed by atoms with Crippen molar-refractivity contribution in [3.63, 3.8) is 0 Å². The van der Waals surface area contributed by atoms with Crippen LogP contribution in [-0.4, -0.2) is 47.6 Å².